The summed E-state index contributed by atoms with van der Waals surface area (Å²) in [5, 5.41) is 0. The second-order valence-corrected chi connectivity index (χ2v) is 4.91. The van der Waals surface area contributed by atoms with Crippen molar-refractivity contribution in [2.75, 3.05) is 13.1 Å². The lowest BCUT2D eigenvalue weighted by Crippen LogP contribution is -2.33. The minimum atomic E-state index is 0.0435. The van der Waals surface area contributed by atoms with E-state index in [2.05, 4.69) is 9.97 Å². The molecule has 0 spiro atoms. The van der Waals surface area contributed by atoms with Crippen molar-refractivity contribution in [3.63, 3.8) is 0 Å². The smallest absolute Gasteiger partial charge is 0.225 e. The molecular formula is C13H19N3O2. The molecule has 0 aromatic carbocycles. The van der Waals surface area contributed by atoms with Crippen LogP contribution in [0.1, 0.15) is 26.1 Å². The standard InChI is InChI=1S/C13H19N3O2/c1-9(2)13(17)16-7-5-11(8-16)18-12-4-6-14-10(3)15-12/h4,6,9,11H,5,7-8H2,1-3H3/t11-/m1/s1. The highest BCUT2D eigenvalue weighted by Gasteiger charge is 2.28. The van der Waals surface area contributed by atoms with Crippen molar-refractivity contribution in [1.82, 2.24) is 14.9 Å². The molecule has 1 aliphatic heterocycles. The van der Waals surface area contributed by atoms with E-state index < -0.39 is 0 Å². The summed E-state index contributed by atoms with van der Waals surface area (Å²) in [7, 11) is 0. The molecule has 1 aromatic rings. The molecule has 2 rings (SSSR count). The van der Waals surface area contributed by atoms with Gasteiger partial charge in [-0.05, 0) is 6.92 Å². The van der Waals surface area contributed by atoms with Crippen molar-refractivity contribution < 1.29 is 9.53 Å². The number of carbonyl (C=O) groups excluding carboxylic acids is 1. The maximum absolute atomic E-state index is 11.8. The van der Waals surface area contributed by atoms with E-state index in [-0.39, 0.29) is 17.9 Å². The molecule has 1 amide bonds. The number of aryl methyl sites for hydroxylation is 1. The molecule has 0 bridgehead atoms. The number of aromatic nitrogens is 2. The Balaban J connectivity index is 1.92. The normalized spacial score (nSPS) is 19.3. The predicted molar refractivity (Wildman–Crippen MR) is 67.2 cm³/mol. The van der Waals surface area contributed by atoms with E-state index in [9.17, 15) is 4.79 Å². The molecule has 18 heavy (non-hydrogen) atoms. The van der Waals surface area contributed by atoms with E-state index in [4.69, 9.17) is 4.74 Å². The van der Waals surface area contributed by atoms with Gasteiger partial charge in [-0.2, -0.15) is 4.98 Å². The molecule has 1 aliphatic rings. The molecule has 1 aromatic heterocycles. The van der Waals surface area contributed by atoms with Crippen molar-refractivity contribution in [2.45, 2.75) is 33.3 Å². The van der Waals surface area contributed by atoms with Gasteiger partial charge in [0.1, 0.15) is 11.9 Å². The Bertz CT molecular complexity index is 434. The Morgan fingerprint density at radius 3 is 3.00 bits per heavy atom. The minimum Gasteiger partial charge on any atom is -0.472 e. The Morgan fingerprint density at radius 1 is 1.56 bits per heavy atom. The summed E-state index contributed by atoms with van der Waals surface area (Å²) < 4.78 is 5.77. The fourth-order valence-electron chi connectivity index (χ4n) is 2.06. The van der Waals surface area contributed by atoms with Gasteiger partial charge in [0, 0.05) is 31.1 Å². The second kappa shape index (κ2) is 5.33. The largest absolute Gasteiger partial charge is 0.472 e. The number of carbonyl (C=O) groups is 1. The maximum Gasteiger partial charge on any atom is 0.225 e. The van der Waals surface area contributed by atoms with Crippen LogP contribution in [0, 0.1) is 12.8 Å². The highest BCUT2D eigenvalue weighted by atomic mass is 16.5. The van der Waals surface area contributed by atoms with Crippen LogP contribution in [0.15, 0.2) is 12.3 Å². The van der Waals surface area contributed by atoms with Gasteiger partial charge in [0.2, 0.25) is 11.8 Å². The van der Waals surface area contributed by atoms with Gasteiger partial charge in [-0.3, -0.25) is 4.79 Å². The van der Waals surface area contributed by atoms with Crippen molar-refractivity contribution in [2.24, 2.45) is 5.92 Å². The lowest BCUT2D eigenvalue weighted by atomic mass is 10.2. The van der Waals surface area contributed by atoms with Crippen LogP contribution in [0.25, 0.3) is 0 Å². The monoisotopic (exact) mass is 249 g/mol. The van der Waals surface area contributed by atoms with Crippen molar-refractivity contribution >= 4 is 5.91 Å². The van der Waals surface area contributed by atoms with Gasteiger partial charge in [-0.25, -0.2) is 4.98 Å². The third-order valence-electron chi connectivity index (χ3n) is 2.99. The predicted octanol–water partition coefficient (Wildman–Crippen LogP) is 1.42. The van der Waals surface area contributed by atoms with Crippen LogP contribution in [0.3, 0.4) is 0 Å². The number of hydrogen-bond donors (Lipinski definition) is 0. The molecule has 5 nitrogen and oxygen atoms in total. The number of amides is 1. The lowest BCUT2D eigenvalue weighted by molar-refractivity contribution is -0.133. The molecule has 1 atom stereocenters. The zero-order valence-electron chi connectivity index (χ0n) is 11.1. The zero-order chi connectivity index (χ0) is 13.1. The first-order valence-electron chi connectivity index (χ1n) is 6.31. The first kappa shape index (κ1) is 12.8. The van der Waals surface area contributed by atoms with Crippen LogP contribution in [0.2, 0.25) is 0 Å². The SMILES string of the molecule is Cc1nccc(O[C@@H]2CCN(C(=O)C(C)C)C2)n1. The first-order valence-corrected chi connectivity index (χ1v) is 6.31. The zero-order valence-corrected chi connectivity index (χ0v) is 11.1. The van der Waals surface area contributed by atoms with Gasteiger partial charge >= 0.3 is 0 Å². The number of rotatable bonds is 3. The van der Waals surface area contributed by atoms with Crippen LogP contribution in [0.5, 0.6) is 5.88 Å². The molecule has 1 fully saturated rings. The Labute approximate surface area is 107 Å². The molecule has 5 heteroatoms. The Kier molecular flexibility index (Phi) is 3.79. The number of ether oxygens (including phenoxy) is 1. The van der Waals surface area contributed by atoms with Crippen LogP contribution in [-0.4, -0.2) is 40.0 Å². The summed E-state index contributed by atoms with van der Waals surface area (Å²) in [6.07, 6.45) is 2.59. The lowest BCUT2D eigenvalue weighted by Gasteiger charge is -2.18. The van der Waals surface area contributed by atoms with Gasteiger partial charge in [0.15, 0.2) is 0 Å². The fraction of sp³-hybridized carbons (Fsp3) is 0.615. The van der Waals surface area contributed by atoms with Gasteiger partial charge in [-0.1, -0.05) is 13.8 Å². The van der Waals surface area contributed by atoms with Gasteiger partial charge in [0.05, 0.1) is 6.54 Å². The molecule has 0 N–H and O–H groups in total. The second-order valence-electron chi connectivity index (χ2n) is 4.91. The average molecular weight is 249 g/mol. The third kappa shape index (κ3) is 2.97. The van der Waals surface area contributed by atoms with Crippen LogP contribution in [-0.2, 0) is 4.79 Å². The summed E-state index contributed by atoms with van der Waals surface area (Å²) >= 11 is 0. The third-order valence-corrected chi connectivity index (χ3v) is 2.99. The molecule has 1 saturated heterocycles. The molecule has 0 saturated carbocycles. The molecule has 0 unspecified atom stereocenters. The minimum absolute atomic E-state index is 0.0435. The highest BCUT2D eigenvalue weighted by Crippen LogP contribution is 2.17. The van der Waals surface area contributed by atoms with Gasteiger partial charge < -0.3 is 9.64 Å². The quantitative estimate of drug-likeness (QED) is 0.813. The van der Waals surface area contributed by atoms with Crippen LogP contribution < -0.4 is 4.74 Å². The van der Waals surface area contributed by atoms with Crippen LogP contribution >= 0.6 is 0 Å². The van der Waals surface area contributed by atoms with Crippen molar-refractivity contribution in [1.29, 1.82) is 0 Å². The van der Waals surface area contributed by atoms with E-state index in [1.165, 1.54) is 0 Å². The Hall–Kier alpha value is -1.65. The molecular weight excluding hydrogens is 230 g/mol. The average Bonchev–Trinajstić information content (AvgIpc) is 2.76. The van der Waals surface area contributed by atoms with Gasteiger partial charge in [0.25, 0.3) is 0 Å². The van der Waals surface area contributed by atoms with E-state index in [1.807, 2.05) is 25.7 Å². The number of nitrogens with zero attached hydrogens (tertiary/aromatic N) is 3. The number of likely N-dealkylation sites (tertiary alicyclic amines) is 1. The summed E-state index contributed by atoms with van der Waals surface area (Å²) in [4.78, 5) is 21.9. The van der Waals surface area contributed by atoms with Crippen molar-refractivity contribution in [3.05, 3.63) is 18.1 Å². The molecule has 2 heterocycles. The van der Waals surface area contributed by atoms with Crippen LogP contribution in [0.4, 0.5) is 0 Å². The highest BCUT2D eigenvalue weighted by molar-refractivity contribution is 5.78. The summed E-state index contributed by atoms with van der Waals surface area (Å²) in [6.45, 7) is 7.09. The fourth-order valence-corrected chi connectivity index (χ4v) is 2.06. The summed E-state index contributed by atoms with van der Waals surface area (Å²) in [5.41, 5.74) is 0. The molecule has 98 valence electrons. The van der Waals surface area contributed by atoms with E-state index >= 15 is 0 Å². The summed E-state index contributed by atoms with van der Waals surface area (Å²) in [6, 6.07) is 1.75. The molecule has 0 radical (unpaired) electrons. The summed E-state index contributed by atoms with van der Waals surface area (Å²) in [5.74, 6) is 1.52. The first-order chi connectivity index (χ1) is 8.56. The van der Waals surface area contributed by atoms with E-state index in [0.29, 0.717) is 18.2 Å². The molecule has 0 aliphatic carbocycles. The van der Waals surface area contributed by atoms with E-state index in [1.54, 1.807) is 12.3 Å². The van der Waals surface area contributed by atoms with Gasteiger partial charge in [-0.15, -0.1) is 0 Å². The topological polar surface area (TPSA) is 55.3 Å². The van der Waals surface area contributed by atoms with Crippen molar-refractivity contribution in [3.8, 4) is 5.88 Å². The number of hydrogen-bond acceptors (Lipinski definition) is 4. The van der Waals surface area contributed by atoms with E-state index in [0.717, 1.165) is 13.0 Å². The maximum atomic E-state index is 11.8. The Morgan fingerprint density at radius 2 is 2.33 bits per heavy atom.